The first-order valence-corrected chi connectivity index (χ1v) is 9.18. The third-order valence-corrected chi connectivity index (χ3v) is 5.00. The maximum Gasteiger partial charge on any atom is 0.254 e. The summed E-state index contributed by atoms with van der Waals surface area (Å²) in [5.41, 5.74) is 2.33. The highest BCUT2D eigenvalue weighted by Gasteiger charge is 2.25. The molecule has 5 heteroatoms. The number of piperazine rings is 1. The van der Waals surface area contributed by atoms with Crippen molar-refractivity contribution in [2.75, 3.05) is 26.2 Å². The molecule has 1 amide bonds. The summed E-state index contributed by atoms with van der Waals surface area (Å²) in [5, 5.41) is 9.85. The summed E-state index contributed by atoms with van der Waals surface area (Å²) in [7, 11) is 0. The van der Waals surface area contributed by atoms with Gasteiger partial charge in [0.2, 0.25) is 0 Å². The lowest BCUT2D eigenvalue weighted by Gasteiger charge is -2.37. The molecule has 0 saturated carbocycles. The first-order valence-electron chi connectivity index (χ1n) is 8.80. The van der Waals surface area contributed by atoms with E-state index < -0.39 is 0 Å². The van der Waals surface area contributed by atoms with Crippen LogP contribution in [0.3, 0.4) is 0 Å². The number of rotatable bonds is 5. The average molecular weight is 380 g/mol. The molecular formula is C22H22ClN3O. The smallest absolute Gasteiger partial charge is 0.254 e. The Hall–Kier alpha value is -2.85. The van der Waals surface area contributed by atoms with E-state index in [1.807, 2.05) is 47.4 Å². The van der Waals surface area contributed by atoms with Gasteiger partial charge in [-0.3, -0.25) is 4.79 Å². The molecule has 0 unspecified atom stereocenters. The molecule has 0 radical (unpaired) electrons. The van der Waals surface area contributed by atoms with Crippen LogP contribution < -0.4 is 0 Å². The van der Waals surface area contributed by atoms with Crippen LogP contribution in [-0.2, 0) is 0 Å². The molecule has 1 fully saturated rings. The molecule has 1 heterocycles. The summed E-state index contributed by atoms with van der Waals surface area (Å²) < 4.78 is 0. The number of benzene rings is 2. The summed E-state index contributed by atoms with van der Waals surface area (Å²) in [6.45, 7) is 10.1. The van der Waals surface area contributed by atoms with Crippen molar-refractivity contribution in [3.05, 3.63) is 83.6 Å². The Morgan fingerprint density at radius 2 is 1.67 bits per heavy atom. The minimum absolute atomic E-state index is 0.0151. The standard InChI is InChI=1S/C22H22ClN3O/c1-3-6-21(16(2)23)25-11-13-26(14-12-25)22(27)20-10-9-17(15-24)18-7-4-5-8-19(18)20/h3-10,15,24H,1-2,11-14H2/b21-6+,24-15?. The first kappa shape index (κ1) is 18.9. The number of fused-ring (bicyclic) bond motifs is 1. The van der Waals surface area contributed by atoms with Gasteiger partial charge in [0.05, 0.1) is 10.7 Å². The van der Waals surface area contributed by atoms with E-state index in [9.17, 15) is 4.79 Å². The highest BCUT2D eigenvalue weighted by molar-refractivity contribution is 6.31. The number of carbonyl (C=O) groups is 1. The van der Waals surface area contributed by atoms with Gasteiger partial charge in [0.1, 0.15) is 0 Å². The molecule has 0 atom stereocenters. The van der Waals surface area contributed by atoms with Gasteiger partial charge in [0.25, 0.3) is 5.91 Å². The Morgan fingerprint density at radius 1 is 1.04 bits per heavy atom. The topological polar surface area (TPSA) is 47.4 Å². The van der Waals surface area contributed by atoms with Crippen molar-refractivity contribution in [1.82, 2.24) is 9.80 Å². The van der Waals surface area contributed by atoms with E-state index in [4.69, 9.17) is 17.0 Å². The maximum absolute atomic E-state index is 13.1. The zero-order valence-electron chi connectivity index (χ0n) is 15.1. The number of allylic oxidation sites excluding steroid dienone is 3. The van der Waals surface area contributed by atoms with Crippen LogP contribution >= 0.6 is 11.6 Å². The predicted octanol–water partition coefficient (Wildman–Crippen LogP) is 4.42. The Morgan fingerprint density at radius 3 is 2.26 bits per heavy atom. The van der Waals surface area contributed by atoms with Crippen molar-refractivity contribution < 1.29 is 4.79 Å². The van der Waals surface area contributed by atoms with Crippen molar-refractivity contribution in [2.24, 2.45) is 0 Å². The van der Waals surface area contributed by atoms with Crippen molar-refractivity contribution in [2.45, 2.75) is 0 Å². The quantitative estimate of drug-likeness (QED) is 0.617. The van der Waals surface area contributed by atoms with Gasteiger partial charge in [-0.2, -0.15) is 0 Å². The van der Waals surface area contributed by atoms with E-state index >= 15 is 0 Å². The lowest BCUT2D eigenvalue weighted by molar-refractivity contribution is 0.0674. The first-order chi connectivity index (χ1) is 13.1. The summed E-state index contributed by atoms with van der Waals surface area (Å²) in [5.74, 6) is 0.0151. The van der Waals surface area contributed by atoms with Gasteiger partial charge < -0.3 is 15.2 Å². The number of carbonyl (C=O) groups excluding carboxylic acids is 1. The van der Waals surface area contributed by atoms with Crippen LogP contribution in [0.4, 0.5) is 0 Å². The minimum atomic E-state index is 0.0151. The minimum Gasteiger partial charge on any atom is -0.367 e. The van der Waals surface area contributed by atoms with Crippen LogP contribution in [0.15, 0.2) is 72.4 Å². The molecule has 0 bridgehead atoms. The highest BCUT2D eigenvalue weighted by Crippen LogP contribution is 2.25. The number of nitrogens with zero attached hydrogens (tertiary/aromatic N) is 2. The van der Waals surface area contributed by atoms with Gasteiger partial charge in [0.15, 0.2) is 0 Å². The molecule has 27 heavy (non-hydrogen) atoms. The molecule has 0 aliphatic carbocycles. The number of hydrogen-bond donors (Lipinski definition) is 1. The van der Waals surface area contributed by atoms with Gasteiger partial charge in [-0.05, 0) is 28.5 Å². The fraction of sp³-hybridized carbons (Fsp3) is 0.182. The van der Waals surface area contributed by atoms with E-state index in [1.165, 1.54) is 6.21 Å². The van der Waals surface area contributed by atoms with Gasteiger partial charge in [-0.1, -0.05) is 61.2 Å². The number of amides is 1. The van der Waals surface area contributed by atoms with Crippen molar-refractivity contribution in [1.29, 1.82) is 5.41 Å². The highest BCUT2D eigenvalue weighted by atomic mass is 35.5. The van der Waals surface area contributed by atoms with E-state index in [0.29, 0.717) is 36.8 Å². The third kappa shape index (κ3) is 3.81. The summed E-state index contributed by atoms with van der Waals surface area (Å²) in [6, 6.07) is 11.4. The Balaban J connectivity index is 1.82. The molecule has 0 aromatic heterocycles. The maximum atomic E-state index is 13.1. The average Bonchev–Trinajstić information content (AvgIpc) is 2.70. The molecule has 138 valence electrons. The number of halogens is 1. The third-order valence-electron chi connectivity index (χ3n) is 4.80. The van der Waals surface area contributed by atoms with Crippen LogP contribution in [0, 0.1) is 5.41 Å². The van der Waals surface area contributed by atoms with Gasteiger partial charge in [0, 0.05) is 38.0 Å². The number of nitrogens with one attached hydrogen (secondary N) is 1. The largest absolute Gasteiger partial charge is 0.367 e. The Labute approximate surface area is 164 Å². The second kappa shape index (κ2) is 8.23. The summed E-state index contributed by atoms with van der Waals surface area (Å²) >= 11 is 6.09. The lowest BCUT2D eigenvalue weighted by Crippen LogP contribution is -2.48. The predicted molar refractivity (Wildman–Crippen MR) is 113 cm³/mol. The van der Waals surface area contributed by atoms with E-state index in [2.05, 4.69) is 18.1 Å². The van der Waals surface area contributed by atoms with Crippen molar-refractivity contribution in [3.63, 3.8) is 0 Å². The molecular weight excluding hydrogens is 358 g/mol. The van der Waals surface area contributed by atoms with E-state index in [-0.39, 0.29) is 5.91 Å². The molecule has 1 aliphatic heterocycles. The molecule has 1 N–H and O–H groups in total. The fourth-order valence-corrected chi connectivity index (χ4v) is 3.62. The fourth-order valence-electron chi connectivity index (χ4n) is 3.43. The second-order valence-electron chi connectivity index (χ2n) is 6.36. The monoisotopic (exact) mass is 379 g/mol. The van der Waals surface area contributed by atoms with Crippen LogP contribution in [0.1, 0.15) is 15.9 Å². The van der Waals surface area contributed by atoms with Crippen LogP contribution in [0.2, 0.25) is 0 Å². The molecule has 1 aliphatic rings. The molecule has 4 nitrogen and oxygen atoms in total. The lowest BCUT2D eigenvalue weighted by atomic mass is 9.99. The van der Waals surface area contributed by atoms with Crippen molar-refractivity contribution in [3.8, 4) is 0 Å². The van der Waals surface area contributed by atoms with Crippen molar-refractivity contribution >= 4 is 34.5 Å². The number of hydrogen-bond acceptors (Lipinski definition) is 3. The SMILES string of the molecule is C=C/C=C(\C(=C)Cl)N1CCN(C(=O)c2ccc(C=N)c3ccccc23)CC1. The van der Waals surface area contributed by atoms with Crippen LogP contribution in [-0.4, -0.2) is 48.1 Å². The van der Waals surface area contributed by atoms with Gasteiger partial charge in [-0.15, -0.1) is 0 Å². The second-order valence-corrected chi connectivity index (χ2v) is 6.82. The molecule has 2 aromatic rings. The Kier molecular flexibility index (Phi) is 5.77. The van der Waals surface area contributed by atoms with Crippen LogP contribution in [0.5, 0.6) is 0 Å². The zero-order chi connectivity index (χ0) is 19.4. The van der Waals surface area contributed by atoms with E-state index in [1.54, 1.807) is 6.08 Å². The van der Waals surface area contributed by atoms with E-state index in [0.717, 1.165) is 22.0 Å². The van der Waals surface area contributed by atoms with Gasteiger partial charge >= 0.3 is 0 Å². The summed E-state index contributed by atoms with van der Waals surface area (Å²) in [6.07, 6.45) is 4.86. The molecule has 1 saturated heterocycles. The molecule has 2 aromatic carbocycles. The molecule has 0 spiro atoms. The normalized spacial score (nSPS) is 14.9. The van der Waals surface area contributed by atoms with Crippen LogP contribution in [0.25, 0.3) is 10.8 Å². The Bertz CT molecular complexity index is 940. The summed E-state index contributed by atoms with van der Waals surface area (Å²) in [4.78, 5) is 17.1. The molecule has 3 rings (SSSR count). The zero-order valence-corrected chi connectivity index (χ0v) is 15.9. The van der Waals surface area contributed by atoms with Gasteiger partial charge in [-0.25, -0.2) is 0 Å².